The van der Waals surface area contributed by atoms with Gasteiger partial charge in [-0.3, -0.25) is 0 Å². The lowest BCUT2D eigenvalue weighted by Gasteiger charge is -2.37. The molecule has 0 saturated carbocycles. The number of benzene rings is 3. The molecule has 1 aromatic heterocycles. The number of hydrogen-bond acceptors (Lipinski definition) is 5. The number of para-hydroxylation sites is 1. The Hall–Kier alpha value is -3.54. The minimum Gasteiger partial charge on any atom is -0.491 e. The molecule has 1 aliphatic heterocycles. The van der Waals surface area contributed by atoms with Crippen LogP contribution in [0.1, 0.15) is 56.0 Å². The number of halogens is 1. The molecule has 0 spiro atoms. The molecule has 3 aromatic carbocycles. The van der Waals surface area contributed by atoms with Crippen LogP contribution in [0.4, 0.5) is 10.1 Å². The van der Waals surface area contributed by atoms with Crippen molar-refractivity contribution in [2.24, 2.45) is 0 Å². The molecule has 2 atom stereocenters. The van der Waals surface area contributed by atoms with E-state index in [9.17, 15) is 4.39 Å². The van der Waals surface area contributed by atoms with Crippen LogP contribution in [0.15, 0.2) is 71.3 Å². The molecule has 1 fully saturated rings. The molecule has 5 rings (SSSR count). The predicted molar refractivity (Wildman–Crippen MR) is 131 cm³/mol. The normalized spacial score (nSPS) is 17.0. The first-order valence-corrected chi connectivity index (χ1v) is 11.9. The van der Waals surface area contributed by atoms with Crippen LogP contribution in [0.25, 0.3) is 11.0 Å². The third-order valence-electron chi connectivity index (χ3n) is 6.56. The van der Waals surface area contributed by atoms with Crippen molar-refractivity contribution in [3.8, 4) is 11.5 Å². The summed E-state index contributed by atoms with van der Waals surface area (Å²) in [4.78, 5) is 2.32. The molecule has 0 N–H and O–H groups in total. The van der Waals surface area contributed by atoms with Crippen LogP contribution in [0.5, 0.6) is 11.5 Å². The average molecular weight is 461 g/mol. The van der Waals surface area contributed by atoms with Crippen molar-refractivity contribution >= 4 is 16.7 Å². The number of ether oxygens (including phenoxy) is 2. The number of fused-ring (bicyclic) bond motifs is 1. The van der Waals surface area contributed by atoms with E-state index in [4.69, 9.17) is 14.0 Å². The van der Waals surface area contributed by atoms with Crippen molar-refractivity contribution < 1.29 is 18.4 Å². The van der Waals surface area contributed by atoms with E-state index in [1.807, 2.05) is 30.3 Å². The van der Waals surface area contributed by atoms with Crippen LogP contribution in [0, 0.1) is 5.82 Å². The molecule has 0 amide bonds. The van der Waals surface area contributed by atoms with Gasteiger partial charge < -0.3 is 18.9 Å². The van der Waals surface area contributed by atoms with Gasteiger partial charge in [0.2, 0.25) is 0 Å². The van der Waals surface area contributed by atoms with E-state index < -0.39 is 0 Å². The zero-order valence-electron chi connectivity index (χ0n) is 19.5. The van der Waals surface area contributed by atoms with Crippen molar-refractivity contribution in [3.63, 3.8) is 0 Å². The molecule has 1 saturated heterocycles. The maximum absolute atomic E-state index is 13.7. The third kappa shape index (κ3) is 4.20. The average Bonchev–Trinajstić information content (AvgIpc) is 3.30. The molecule has 1 aliphatic rings. The van der Waals surface area contributed by atoms with Gasteiger partial charge >= 0.3 is 0 Å². The van der Waals surface area contributed by atoms with E-state index >= 15 is 0 Å². The van der Waals surface area contributed by atoms with Crippen LogP contribution >= 0.6 is 0 Å². The molecule has 2 heterocycles. The summed E-state index contributed by atoms with van der Waals surface area (Å²) < 4.78 is 31.6. The van der Waals surface area contributed by atoms with Gasteiger partial charge in [-0.25, -0.2) is 4.39 Å². The number of aromatic nitrogens is 1. The fourth-order valence-corrected chi connectivity index (χ4v) is 4.91. The topological polar surface area (TPSA) is 47.7 Å². The van der Waals surface area contributed by atoms with E-state index in [-0.39, 0.29) is 18.0 Å². The summed E-state index contributed by atoms with van der Waals surface area (Å²) in [6, 6.07) is 20.9. The summed E-state index contributed by atoms with van der Waals surface area (Å²) in [5.41, 5.74) is 3.40. The van der Waals surface area contributed by atoms with Gasteiger partial charge in [0, 0.05) is 18.0 Å². The number of anilines is 1. The van der Waals surface area contributed by atoms with E-state index in [0.29, 0.717) is 17.1 Å². The highest BCUT2D eigenvalue weighted by Gasteiger charge is 2.31. The van der Waals surface area contributed by atoms with Gasteiger partial charge in [-0.1, -0.05) is 48.5 Å². The molecule has 0 aliphatic carbocycles. The summed E-state index contributed by atoms with van der Waals surface area (Å²) in [7, 11) is 1.68. The van der Waals surface area contributed by atoms with E-state index in [2.05, 4.69) is 35.2 Å². The van der Waals surface area contributed by atoms with Gasteiger partial charge in [-0.15, -0.1) is 0 Å². The molecule has 4 aromatic rings. The Kier molecular flexibility index (Phi) is 6.39. The zero-order valence-corrected chi connectivity index (χ0v) is 19.5. The second-order valence-corrected chi connectivity index (χ2v) is 8.65. The quantitative estimate of drug-likeness (QED) is 0.291. The van der Waals surface area contributed by atoms with Gasteiger partial charge in [0.05, 0.1) is 18.8 Å². The molecule has 0 radical (unpaired) electrons. The first kappa shape index (κ1) is 22.3. The fraction of sp³-hybridized carbons (Fsp3) is 0.321. The lowest BCUT2D eigenvalue weighted by atomic mass is 9.96. The summed E-state index contributed by atoms with van der Waals surface area (Å²) >= 11 is 0. The van der Waals surface area contributed by atoms with E-state index in [0.717, 1.165) is 54.6 Å². The van der Waals surface area contributed by atoms with Crippen molar-refractivity contribution in [1.82, 2.24) is 5.16 Å². The second-order valence-electron chi connectivity index (χ2n) is 8.65. The number of rotatable bonds is 7. The minimum atomic E-state index is -0.328. The molecule has 6 heteroatoms. The lowest BCUT2D eigenvalue weighted by Crippen LogP contribution is -2.34. The fourth-order valence-electron chi connectivity index (χ4n) is 4.91. The second kappa shape index (κ2) is 9.75. The van der Waals surface area contributed by atoms with Crippen molar-refractivity contribution in [2.45, 2.75) is 44.8 Å². The Balaban J connectivity index is 1.51. The van der Waals surface area contributed by atoms with E-state index in [1.54, 1.807) is 13.2 Å². The maximum Gasteiger partial charge on any atom is 0.184 e. The first-order valence-electron chi connectivity index (χ1n) is 11.9. The maximum atomic E-state index is 13.7. The Morgan fingerprint density at radius 3 is 2.74 bits per heavy atom. The van der Waals surface area contributed by atoms with Crippen LogP contribution in [-0.2, 0) is 0 Å². The lowest BCUT2D eigenvalue weighted by molar-refractivity contribution is 0.192. The summed E-state index contributed by atoms with van der Waals surface area (Å²) in [6.07, 6.45) is 3.84. The SMILES string of the molecule is CCC(Oc1cccc(N2CCCCC2c2noc3cc(F)ccc23)c1OC)c1ccccc1. The minimum absolute atomic E-state index is 0.000654. The van der Waals surface area contributed by atoms with Crippen molar-refractivity contribution in [3.05, 3.63) is 83.8 Å². The van der Waals surface area contributed by atoms with Gasteiger partial charge in [0.15, 0.2) is 17.1 Å². The van der Waals surface area contributed by atoms with Crippen molar-refractivity contribution in [1.29, 1.82) is 0 Å². The Labute approximate surface area is 199 Å². The highest BCUT2D eigenvalue weighted by atomic mass is 19.1. The van der Waals surface area contributed by atoms with Crippen LogP contribution < -0.4 is 14.4 Å². The molecule has 176 valence electrons. The Morgan fingerprint density at radius 2 is 1.94 bits per heavy atom. The van der Waals surface area contributed by atoms with Crippen LogP contribution in [0.2, 0.25) is 0 Å². The van der Waals surface area contributed by atoms with Gasteiger partial charge in [-0.2, -0.15) is 0 Å². The molecular formula is C28H29FN2O3. The molecule has 34 heavy (non-hydrogen) atoms. The van der Waals surface area contributed by atoms with E-state index in [1.165, 1.54) is 12.1 Å². The summed E-state index contributed by atoms with van der Waals surface area (Å²) in [5, 5.41) is 5.21. The number of nitrogens with zero attached hydrogens (tertiary/aromatic N) is 2. The zero-order chi connectivity index (χ0) is 23.5. The molecular weight excluding hydrogens is 431 g/mol. The Morgan fingerprint density at radius 1 is 1.09 bits per heavy atom. The highest BCUT2D eigenvalue weighted by molar-refractivity contribution is 5.80. The summed E-state index contributed by atoms with van der Waals surface area (Å²) in [6.45, 7) is 2.98. The van der Waals surface area contributed by atoms with Gasteiger partial charge in [-0.05, 0) is 55.5 Å². The number of hydrogen-bond donors (Lipinski definition) is 0. The number of piperidine rings is 1. The molecule has 5 nitrogen and oxygen atoms in total. The number of methoxy groups -OCH3 is 1. The molecule has 2 unspecified atom stereocenters. The highest BCUT2D eigenvalue weighted by Crippen LogP contribution is 2.45. The van der Waals surface area contributed by atoms with Crippen molar-refractivity contribution in [2.75, 3.05) is 18.6 Å². The molecule has 0 bridgehead atoms. The Bertz CT molecular complexity index is 1260. The van der Waals surface area contributed by atoms with Gasteiger partial charge in [0.25, 0.3) is 0 Å². The van der Waals surface area contributed by atoms with Crippen LogP contribution in [-0.4, -0.2) is 18.8 Å². The predicted octanol–water partition coefficient (Wildman–Crippen LogP) is 7.24. The largest absolute Gasteiger partial charge is 0.491 e. The first-order chi connectivity index (χ1) is 16.7. The monoisotopic (exact) mass is 460 g/mol. The smallest absolute Gasteiger partial charge is 0.184 e. The van der Waals surface area contributed by atoms with Gasteiger partial charge in [0.1, 0.15) is 17.6 Å². The standard InChI is InChI=1S/C28H29FN2O3/c1-3-24(19-10-5-4-6-11-19)33-25-14-9-13-23(28(25)32-2)31-17-8-7-12-22(31)27-21-16-15-20(29)18-26(21)34-30-27/h4-6,9-11,13-16,18,22,24H,3,7-8,12,17H2,1-2H3. The van der Waals surface area contributed by atoms with Crippen LogP contribution in [0.3, 0.4) is 0 Å². The summed E-state index contributed by atoms with van der Waals surface area (Å²) in [5.74, 6) is 1.10. The third-order valence-corrected chi connectivity index (χ3v) is 6.56.